The predicted molar refractivity (Wildman–Crippen MR) is 49.9 cm³/mol. The summed E-state index contributed by atoms with van der Waals surface area (Å²) >= 11 is 3.24. The van der Waals surface area contributed by atoms with Gasteiger partial charge < -0.3 is 19.3 Å². The molecule has 0 atom stereocenters. The average molecular weight is 249 g/mol. The zero-order valence-electron chi connectivity index (χ0n) is 7.11. The van der Waals surface area contributed by atoms with E-state index in [-0.39, 0.29) is 5.56 Å². The molecule has 1 aromatic carbocycles. The zero-order valence-corrected chi connectivity index (χ0v) is 8.75. The van der Waals surface area contributed by atoms with Gasteiger partial charge in [-0.25, -0.2) is 4.79 Å². The molecule has 1 N–H and O–H groups in total. The molecule has 0 saturated carbocycles. The molecule has 0 radical (unpaired) electrons. The van der Waals surface area contributed by atoms with Crippen molar-refractivity contribution in [3.63, 3.8) is 0 Å². The summed E-state index contributed by atoms with van der Waals surface area (Å²) in [6.45, 7) is 0. The molecule has 8 heteroatoms. The van der Waals surface area contributed by atoms with Gasteiger partial charge in [-0.3, -0.25) is 4.21 Å². The normalized spacial score (nSPS) is 10.0. The van der Waals surface area contributed by atoms with Crippen LogP contribution in [0.3, 0.4) is 0 Å². The van der Waals surface area contributed by atoms with Gasteiger partial charge in [0, 0.05) is 0 Å². The van der Waals surface area contributed by atoms with Crippen molar-refractivity contribution >= 4 is 26.2 Å². The van der Waals surface area contributed by atoms with Gasteiger partial charge in [-0.15, -0.1) is 9.05 Å². The van der Waals surface area contributed by atoms with Crippen molar-refractivity contribution < 1.29 is 28.3 Å². The third kappa shape index (κ3) is 7.82. The van der Waals surface area contributed by atoms with E-state index < -0.39 is 20.8 Å². The standard InChI is InChI=1S/C7H6O3.H2O3S2/c8-6-4-2-1-3-5(6)7(9)10;1-5(2,3)4/h1-4,8H,(H,9,10);(H2,1,2,3,4)/p-3. The lowest BCUT2D eigenvalue weighted by atomic mass is 10.2. The summed E-state index contributed by atoms with van der Waals surface area (Å²) in [5.41, 5.74) is -0.178. The largest absolute Gasteiger partial charge is 0.872 e. The lowest BCUT2D eigenvalue weighted by molar-refractivity contribution is -0.268. The molecule has 0 aliphatic rings. The molecule has 0 saturated heterocycles. The first-order valence-corrected chi connectivity index (χ1v) is 5.71. The van der Waals surface area contributed by atoms with Gasteiger partial charge in [0.25, 0.3) is 0 Å². The van der Waals surface area contributed by atoms with Crippen LogP contribution in [-0.4, -0.2) is 24.4 Å². The molecule has 0 bridgehead atoms. The molecule has 84 valence electrons. The summed E-state index contributed by atoms with van der Waals surface area (Å²) in [6.07, 6.45) is 0. The van der Waals surface area contributed by atoms with E-state index >= 15 is 0 Å². The molecule has 1 aromatic rings. The Bertz CT molecular complexity index is 431. The Hall–Kier alpha value is -1.22. The van der Waals surface area contributed by atoms with E-state index in [9.17, 15) is 9.90 Å². The third-order valence-electron chi connectivity index (χ3n) is 1.12. The minimum Gasteiger partial charge on any atom is -0.872 e. The van der Waals surface area contributed by atoms with E-state index in [2.05, 4.69) is 11.2 Å². The minimum absolute atomic E-state index is 0.178. The van der Waals surface area contributed by atoms with E-state index in [0.29, 0.717) is 0 Å². The Balaban J connectivity index is 0.000000336. The number of carboxylic acids is 1. The maximum Gasteiger partial charge on any atom is 0.335 e. The van der Waals surface area contributed by atoms with Crippen LogP contribution in [0.2, 0.25) is 0 Å². The van der Waals surface area contributed by atoms with E-state index in [4.69, 9.17) is 18.4 Å². The Morgan fingerprint density at radius 3 is 2.00 bits per heavy atom. The molecule has 0 spiro atoms. The maximum atomic E-state index is 10.7. The number of aromatic carboxylic acids is 1. The highest BCUT2D eigenvalue weighted by atomic mass is 32.9. The van der Waals surface area contributed by atoms with Gasteiger partial charge >= 0.3 is 5.97 Å². The molecule has 0 fully saturated rings. The number of benzene rings is 1. The molecular weight excluding hydrogens is 244 g/mol. The Morgan fingerprint density at radius 2 is 1.73 bits per heavy atom. The molecule has 15 heavy (non-hydrogen) atoms. The van der Waals surface area contributed by atoms with Crippen LogP contribution in [0.5, 0.6) is 5.75 Å². The van der Waals surface area contributed by atoms with Crippen LogP contribution < -0.4 is 5.11 Å². The van der Waals surface area contributed by atoms with Gasteiger partial charge in [-0.2, -0.15) is 0 Å². The van der Waals surface area contributed by atoms with Gasteiger partial charge in [0.2, 0.25) is 0 Å². The molecule has 0 aliphatic heterocycles. The van der Waals surface area contributed by atoms with Crippen LogP contribution in [-0.2, 0) is 20.2 Å². The lowest BCUT2D eigenvalue weighted by Gasteiger charge is -2.12. The molecule has 6 nitrogen and oxygen atoms in total. The quantitative estimate of drug-likeness (QED) is 0.708. The minimum atomic E-state index is -4.33. The third-order valence-corrected chi connectivity index (χ3v) is 1.12. The first-order chi connectivity index (χ1) is 6.72. The summed E-state index contributed by atoms with van der Waals surface area (Å²) < 4.78 is 26.7. The summed E-state index contributed by atoms with van der Waals surface area (Å²) in [6, 6.07) is 5.54. The number of rotatable bonds is 1. The van der Waals surface area contributed by atoms with Gasteiger partial charge in [-0.1, -0.05) is 23.9 Å². The van der Waals surface area contributed by atoms with Crippen LogP contribution in [0.25, 0.3) is 0 Å². The lowest BCUT2D eigenvalue weighted by Crippen LogP contribution is -2.02. The topological polar surface area (TPSA) is 124 Å². The second-order valence-corrected chi connectivity index (χ2v) is 4.25. The summed E-state index contributed by atoms with van der Waals surface area (Å²) in [4.78, 5) is 10.2. The predicted octanol–water partition coefficient (Wildman–Crippen LogP) is -0.548. The van der Waals surface area contributed by atoms with E-state index in [1.165, 1.54) is 24.3 Å². The molecule has 0 unspecified atom stereocenters. The number of para-hydroxylation sites is 1. The highest BCUT2D eigenvalue weighted by molar-refractivity contribution is 8.26. The van der Waals surface area contributed by atoms with Crippen LogP contribution in [0.1, 0.15) is 10.4 Å². The van der Waals surface area contributed by atoms with Gasteiger partial charge in [-0.05, 0) is 17.3 Å². The molecule has 0 heterocycles. The SMILES string of the molecule is O=C(O)c1ccccc1[O-].O=S([O-])([O-])=S. The van der Waals surface area contributed by atoms with Crippen LogP contribution in [0.15, 0.2) is 24.3 Å². The Kier molecular flexibility index (Phi) is 5.15. The number of hydrogen-bond acceptors (Lipinski definition) is 6. The van der Waals surface area contributed by atoms with E-state index in [0.717, 1.165) is 0 Å². The van der Waals surface area contributed by atoms with Crippen LogP contribution >= 0.6 is 0 Å². The second kappa shape index (κ2) is 5.61. The maximum absolute atomic E-state index is 10.7. The van der Waals surface area contributed by atoms with Crippen LogP contribution in [0.4, 0.5) is 0 Å². The van der Waals surface area contributed by atoms with Crippen molar-refractivity contribution in [2.45, 2.75) is 0 Å². The van der Waals surface area contributed by atoms with Crippen molar-refractivity contribution in [3.8, 4) is 5.75 Å². The Labute approximate surface area is 90.5 Å². The van der Waals surface area contributed by atoms with Crippen LogP contribution in [0, 0.1) is 0 Å². The second-order valence-electron chi connectivity index (χ2n) is 2.21. The summed E-state index contributed by atoms with van der Waals surface area (Å²) in [5.74, 6) is -1.62. The highest BCUT2D eigenvalue weighted by Crippen LogP contribution is 2.10. The molecule has 0 aliphatic carbocycles. The number of hydrogen-bond donors (Lipinski definition) is 1. The number of carboxylic acid groups (broad SMARTS) is 1. The molecule has 0 amide bonds. The van der Waals surface area contributed by atoms with Crippen molar-refractivity contribution in [1.29, 1.82) is 0 Å². The van der Waals surface area contributed by atoms with E-state index in [1.807, 2.05) is 0 Å². The fourth-order valence-electron chi connectivity index (χ4n) is 0.643. The summed E-state index contributed by atoms with van der Waals surface area (Å²) in [5, 5.41) is 19.0. The van der Waals surface area contributed by atoms with Crippen molar-refractivity contribution in [2.24, 2.45) is 0 Å². The molecular formula is C7H5O6S2-3. The van der Waals surface area contributed by atoms with Gasteiger partial charge in [0.05, 0.1) is 5.56 Å². The van der Waals surface area contributed by atoms with E-state index in [1.54, 1.807) is 0 Å². The van der Waals surface area contributed by atoms with Gasteiger partial charge in [0.1, 0.15) is 0 Å². The monoisotopic (exact) mass is 249 g/mol. The first-order valence-electron chi connectivity index (χ1n) is 3.38. The van der Waals surface area contributed by atoms with Gasteiger partial charge in [0.15, 0.2) is 0 Å². The fraction of sp³-hybridized carbons (Fsp3) is 0. The smallest absolute Gasteiger partial charge is 0.335 e. The molecule has 0 aromatic heterocycles. The van der Waals surface area contributed by atoms with Crippen molar-refractivity contribution in [1.82, 2.24) is 0 Å². The molecule has 1 rings (SSSR count). The Morgan fingerprint density at radius 1 is 1.33 bits per heavy atom. The highest BCUT2D eigenvalue weighted by Gasteiger charge is 1.99. The fourth-order valence-corrected chi connectivity index (χ4v) is 0.643. The van der Waals surface area contributed by atoms with Crippen molar-refractivity contribution in [3.05, 3.63) is 29.8 Å². The first kappa shape index (κ1) is 13.8. The number of carbonyl (C=O) groups is 1. The summed E-state index contributed by atoms with van der Waals surface area (Å²) in [7, 11) is -4.33. The zero-order chi connectivity index (χ0) is 12.1. The average Bonchev–Trinajstić information content (AvgIpc) is 2.01. The van der Waals surface area contributed by atoms with Crippen molar-refractivity contribution in [2.75, 3.05) is 0 Å².